The third-order valence-electron chi connectivity index (χ3n) is 17.5. The number of rotatable bonds is 17. The molecule has 12 rings (SSSR count). The van der Waals surface area contributed by atoms with E-state index in [9.17, 15) is 19.6 Å². The average Bonchev–Trinajstić information content (AvgIpc) is 1.49. The van der Waals surface area contributed by atoms with Crippen molar-refractivity contribution in [3.63, 3.8) is 0 Å². The number of aliphatic hydroxyl groups excluding tert-OH is 1. The number of carbonyl (C=O) groups is 1. The van der Waals surface area contributed by atoms with Gasteiger partial charge in [0.15, 0.2) is 5.78 Å². The van der Waals surface area contributed by atoms with Gasteiger partial charge in [-0.3, -0.25) is 19.2 Å². The van der Waals surface area contributed by atoms with Crippen LogP contribution in [0.25, 0.3) is 100 Å². The molecule has 0 atom stereocenters. The van der Waals surface area contributed by atoms with Gasteiger partial charge in [-0.15, -0.1) is 48.0 Å². The van der Waals surface area contributed by atoms with Gasteiger partial charge in [0, 0.05) is 60.6 Å². The van der Waals surface area contributed by atoms with Gasteiger partial charge in [0.05, 0.1) is 56.7 Å². The molecule has 1 radical (unpaired) electrons. The molecule has 0 bridgehead atoms. The number of fused-ring (bicyclic) bond motifs is 5. The molecule has 92 heavy (non-hydrogen) atoms. The number of aromatic nitrogens is 4. The summed E-state index contributed by atoms with van der Waals surface area (Å²) in [7, 11) is 0. The van der Waals surface area contributed by atoms with Crippen LogP contribution in [0.1, 0.15) is 160 Å². The Morgan fingerprint density at radius 2 is 1.08 bits per heavy atom. The topological polar surface area (TPSA) is 110 Å². The smallest absolute Gasteiger partial charge is 0.162 e. The van der Waals surface area contributed by atoms with Crippen molar-refractivity contribution < 1.29 is 38.8 Å². The van der Waals surface area contributed by atoms with Crippen LogP contribution in [0.3, 0.4) is 0 Å². The first-order valence-corrected chi connectivity index (χ1v) is 32.3. The van der Waals surface area contributed by atoms with Gasteiger partial charge in [-0.25, -0.2) is 0 Å². The van der Waals surface area contributed by atoms with Crippen molar-refractivity contribution >= 4 is 49.8 Å². The molecule has 0 saturated carbocycles. The van der Waals surface area contributed by atoms with Crippen LogP contribution in [0.4, 0.5) is 4.39 Å². The number of halogens is 1. The van der Waals surface area contributed by atoms with Crippen LogP contribution >= 0.6 is 0 Å². The second kappa shape index (κ2) is 30.0. The molecule has 0 saturated heterocycles. The van der Waals surface area contributed by atoms with Crippen molar-refractivity contribution in [2.75, 3.05) is 0 Å². The Balaban J connectivity index is 0.000000192. The number of benzene rings is 9. The standard InChI is InChI=1S/C44H34N3O.C25H24FN2.C13H24O2.Ir/c1-27(2)37-24-33(32-20-18-31(19-21-32)30-11-6-5-7-12-30)25-38(28(3)4)42(37)47-40-16-9-8-15-39(40)46-44(47)36-14-10-13-35-34-22-17-29(26-45)23-41(34)48-43(35)36;1-16(2)20-8-7-9-21(17(3)4)24(20)28-23-11-6-5-10-22(23)27-25(28)18-12-14-19(26)15-13-18;1-5-10(6-2)12(14)9-13(15)11(7-3)8-4;/h5-13,15-25,27-28H,1-4H3;5-12,14-17H,1-4H3;9-11,14H,5-8H2,1-4H3;/q2*-1;;/b;;12-9-;. The monoisotopic (exact) mass is 1400 g/mol. The molecule has 471 valence electrons. The molecule has 3 aromatic heterocycles. The predicted octanol–water partition coefficient (Wildman–Crippen LogP) is 22.6. The summed E-state index contributed by atoms with van der Waals surface area (Å²) in [6.45, 7) is 26.0. The first-order chi connectivity index (χ1) is 44.0. The third kappa shape index (κ3) is 14.1. The number of para-hydroxylation sites is 5. The van der Waals surface area contributed by atoms with E-state index in [0.29, 0.717) is 28.6 Å². The molecule has 3 heterocycles. The van der Waals surface area contributed by atoms with Gasteiger partial charge < -0.3 is 18.7 Å². The molecule has 10 heteroatoms. The summed E-state index contributed by atoms with van der Waals surface area (Å²) in [4.78, 5) is 21.9. The van der Waals surface area contributed by atoms with E-state index >= 15 is 0 Å². The number of ketones is 1. The summed E-state index contributed by atoms with van der Waals surface area (Å²) in [6, 6.07) is 70.1. The second-order valence-electron chi connectivity index (χ2n) is 24.8. The maximum Gasteiger partial charge on any atom is 0.162 e. The van der Waals surface area contributed by atoms with E-state index in [2.05, 4.69) is 192 Å². The predicted molar refractivity (Wildman–Crippen MR) is 374 cm³/mol. The number of hydrogen-bond donors (Lipinski definition) is 1. The van der Waals surface area contributed by atoms with Crippen LogP contribution in [0.2, 0.25) is 0 Å². The van der Waals surface area contributed by atoms with Gasteiger partial charge >= 0.3 is 0 Å². The van der Waals surface area contributed by atoms with Gasteiger partial charge in [0.2, 0.25) is 0 Å². The van der Waals surface area contributed by atoms with E-state index in [1.54, 1.807) is 12.1 Å². The fourth-order valence-corrected chi connectivity index (χ4v) is 12.4. The van der Waals surface area contributed by atoms with Crippen molar-refractivity contribution in [3.8, 4) is 62.5 Å². The molecular formula is C82H82FIrN5O3-2. The number of hydrogen-bond acceptors (Lipinski definition) is 6. The minimum Gasteiger partial charge on any atom is -0.512 e. The van der Waals surface area contributed by atoms with E-state index in [0.717, 1.165) is 87.0 Å². The number of imidazole rings is 2. The molecule has 12 aromatic rings. The fourth-order valence-electron chi connectivity index (χ4n) is 12.4. The van der Waals surface area contributed by atoms with Crippen LogP contribution in [0.15, 0.2) is 198 Å². The number of aliphatic hydroxyl groups is 1. The van der Waals surface area contributed by atoms with Gasteiger partial charge in [-0.1, -0.05) is 197 Å². The summed E-state index contributed by atoms with van der Waals surface area (Å²) in [5.74, 6) is 3.03. The van der Waals surface area contributed by atoms with Crippen LogP contribution < -0.4 is 0 Å². The molecule has 0 unspecified atom stereocenters. The average molecular weight is 1400 g/mol. The zero-order valence-electron chi connectivity index (χ0n) is 54.9. The number of allylic oxidation sites excluding steroid dienone is 2. The molecule has 1 N–H and O–H groups in total. The molecule has 9 aromatic carbocycles. The summed E-state index contributed by atoms with van der Waals surface area (Å²) in [5, 5.41) is 21.2. The Hall–Kier alpha value is -9.00. The van der Waals surface area contributed by atoms with Crippen LogP contribution in [0.5, 0.6) is 0 Å². The normalized spacial score (nSPS) is 11.7. The zero-order valence-corrected chi connectivity index (χ0v) is 57.3. The van der Waals surface area contributed by atoms with E-state index in [-0.39, 0.29) is 61.1 Å². The molecule has 0 aliphatic heterocycles. The number of nitriles is 1. The van der Waals surface area contributed by atoms with Crippen LogP contribution in [-0.4, -0.2) is 30.0 Å². The largest absolute Gasteiger partial charge is 0.512 e. The number of carbonyl (C=O) groups excluding carboxylic acids is 1. The molecule has 8 nitrogen and oxygen atoms in total. The van der Waals surface area contributed by atoms with Crippen molar-refractivity contribution in [3.05, 3.63) is 240 Å². The first-order valence-electron chi connectivity index (χ1n) is 32.3. The Labute approximate surface area is 555 Å². The first kappa shape index (κ1) is 67.4. The van der Waals surface area contributed by atoms with Gasteiger partial charge in [-0.2, -0.15) is 5.26 Å². The van der Waals surface area contributed by atoms with Crippen molar-refractivity contribution in [2.45, 2.75) is 132 Å². The third-order valence-corrected chi connectivity index (χ3v) is 17.5. The summed E-state index contributed by atoms with van der Waals surface area (Å²) < 4.78 is 24.6. The maximum atomic E-state index is 13.5. The SMILES string of the molecule is CC(C)c1cc(-c2ccc(-c3ccccc3)cc2)cc(C(C)C)c1-n1c(-c2[c-]ccc3c2oc2cc(C#N)ccc23)nc2ccccc21.CC(C)c1cccc(C(C)C)c1-n1c(-c2[c-]cc(F)cc2)nc2ccccc21.CCC(CC)C(=O)/C=C(\O)C(CC)CC.[Ir]. The molecule has 0 spiro atoms. The van der Waals surface area contributed by atoms with E-state index in [1.807, 2.05) is 76.2 Å². The minimum atomic E-state index is -0.295. The zero-order chi connectivity index (χ0) is 64.6. The molecule has 0 aliphatic carbocycles. The van der Waals surface area contributed by atoms with E-state index in [1.165, 1.54) is 68.4 Å². The van der Waals surface area contributed by atoms with Crippen molar-refractivity contribution in [1.82, 2.24) is 19.1 Å². The Kier molecular flexibility index (Phi) is 21.9. The Morgan fingerprint density at radius 3 is 1.61 bits per heavy atom. The van der Waals surface area contributed by atoms with Crippen molar-refractivity contribution in [1.29, 1.82) is 5.26 Å². The van der Waals surface area contributed by atoms with Gasteiger partial charge in [0.25, 0.3) is 0 Å². The fraction of sp³-hybridized carbons (Fsp3) is 0.268. The molecule has 0 fully saturated rings. The summed E-state index contributed by atoms with van der Waals surface area (Å²) in [5.41, 5.74) is 19.7. The Morgan fingerprint density at radius 1 is 0.565 bits per heavy atom. The molecule has 0 amide bonds. The maximum absolute atomic E-state index is 13.5. The van der Waals surface area contributed by atoms with Gasteiger partial charge in [-0.05, 0) is 142 Å². The minimum absolute atomic E-state index is 0. The summed E-state index contributed by atoms with van der Waals surface area (Å²) >= 11 is 0. The van der Waals surface area contributed by atoms with Crippen LogP contribution in [0, 0.1) is 41.1 Å². The molecular weight excluding hydrogens is 1310 g/mol. The van der Waals surface area contributed by atoms with Crippen molar-refractivity contribution in [2.24, 2.45) is 11.8 Å². The number of nitrogens with zero attached hydrogens (tertiary/aromatic N) is 5. The second-order valence-corrected chi connectivity index (χ2v) is 24.8. The molecule has 0 aliphatic rings. The van der Waals surface area contributed by atoms with Crippen LogP contribution in [-0.2, 0) is 24.9 Å². The Bertz CT molecular complexity index is 4540. The van der Waals surface area contributed by atoms with Gasteiger partial charge in [0.1, 0.15) is 5.58 Å². The van der Waals surface area contributed by atoms with E-state index < -0.39 is 0 Å². The quantitative estimate of drug-likeness (QED) is 0.0552. The summed E-state index contributed by atoms with van der Waals surface area (Å²) in [6.07, 6.45) is 4.91. The van der Waals surface area contributed by atoms with E-state index in [4.69, 9.17) is 14.4 Å². The number of furan rings is 1.